The minimum Gasteiger partial charge on any atom is -0.497 e. The van der Waals surface area contributed by atoms with Gasteiger partial charge < -0.3 is 10.5 Å². The summed E-state index contributed by atoms with van der Waals surface area (Å²) in [6.07, 6.45) is 0. The third-order valence-corrected chi connectivity index (χ3v) is 1.45. The Labute approximate surface area is 69.6 Å². The minimum absolute atomic E-state index is 0.0178. The molecule has 0 fully saturated rings. The average Bonchev–Trinajstić information content (AvgIpc) is 2.03. The molecular formula is C8H8NO3. The number of ether oxygens (including phenoxy) is 1. The van der Waals surface area contributed by atoms with Crippen molar-refractivity contribution in [3.63, 3.8) is 0 Å². The number of carbonyl (C=O) groups excluding carboxylic acids is 1. The maximum Gasteiger partial charge on any atom is 0.252 e. The van der Waals surface area contributed by atoms with Crippen molar-refractivity contribution in [2.45, 2.75) is 0 Å². The molecule has 1 aromatic rings. The van der Waals surface area contributed by atoms with Gasteiger partial charge in [-0.2, -0.15) is 0 Å². The summed E-state index contributed by atoms with van der Waals surface area (Å²) in [7, 11) is 1.44. The first kappa shape index (κ1) is 8.39. The topological polar surface area (TPSA) is 72.2 Å². The van der Waals surface area contributed by atoms with Crippen LogP contribution < -0.4 is 10.5 Å². The maximum atomic E-state index is 11.1. The molecular weight excluding hydrogens is 158 g/mol. The van der Waals surface area contributed by atoms with Crippen LogP contribution in [0.5, 0.6) is 11.5 Å². The molecule has 63 valence electrons. The molecule has 0 saturated carbocycles. The summed E-state index contributed by atoms with van der Waals surface area (Å²) in [5.74, 6) is -0.713. The fraction of sp³-hybridized carbons (Fsp3) is 0.125. The molecule has 0 aliphatic rings. The van der Waals surface area contributed by atoms with E-state index in [1.54, 1.807) is 0 Å². The standard InChI is InChI=1S/C8H8NO3/c1-12-5-2-3-6(8(9)11)7(10)4-5/h2-4H,1H3,(H2,9,11). The lowest BCUT2D eigenvalue weighted by atomic mass is 10.2. The van der Waals surface area contributed by atoms with Gasteiger partial charge in [0.25, 0.3) is 5.91 Å². The fourth-order valence-corrected chi connectivity index (χ4v) is 0.833. The van der Waals surface area contributed by atoms with Crippen molar-refractivity contribution in [2.24, 2.45) is 5.73 Å². The monoisotopic (exact) mass is 166 g/mol. The smallest absolute Gasteiger partial charge is 0.252 e. The van der Waals surface area contributed by atoms with E-state index in [0.29, 0.717) is 5.75 Å². The summed E-state index contributed by atoms with van der Waals surface area (Å²) in [4.78, 5) is 10.6. The summed E-state index contributed by atoms with van der Waals surface area (Å²) in [5, 5.41) is 11.1. The van der Waals surface area contributed by atoms with Crippen molar-refractivity contribution in [3.05, 3.63) is 23.8 Å². The van der Waals surface area contributed by atoms with Crippen LogP contribution in [0.2, 0.25) is 0 Å². The van der Waals surface area contributed by atoms with Gasteiger partial charge in [-0.3, -0.25) is 9.90 Å². The van der Waals surface area contributed by atoms with E-state index in [-0.39, 0.29) is 5.56 Å². The Morgan fingerprint density at radius 2 is 2.17 bits per heavy atom. The second kappa shape index (κ2) is 3.13. The Morgan fingerprint density at radius 3 is 2.58 bits per heavy atom. The lowest BCUT2D eigenvalue weighted by Gasteiger charge is -2.00. The quantitative estimate of drug-likeness (QED) is 0.710. The van der Waals surface area contributed by atoms with Gasteiger partial charge in [0.1, 0.15) is 5.75 Å². The SMILES string of the molecule is COc1ccc(C(N)=O)c([O])c1. The van der Waals surface area contributed by atoms with Crippen LogP contribution >= 0.6 is 0 Å². The van der Waals surface area contributed by atoms with Crippen molar-refractivity contribution in [2.75, 3.05) is 7.11 Å². The Bertz CT molecular complexity index is 309. The molecule has 0 atom stereocenters. The van der Waals surface area contributed by atoms with Crippen LogP contribution in [0.1, 0.15) is 10.4 Å². The Kier molecular flexibility index (Phi) is 2.19. The molecule has 0 aliphatic heterocycles. The van der Waals surface area contributed by atoms with E-state index in [0.717, 1.165) is 0 Å². The number of amides is 1. The lowest BCUT2D eigenvalue weighted by molar-refractivity contribution is 0.0996. The van der Waals surface area contributed by atoms with Crippen molar-refractivity contribution < 1.29 is 14.6 Å². The van der Waals surface area contributed by atoms with Gasteiger partial charge in [0.15, 0.2) is 5.75 Å². The molecule has 0 aromatic heterocycles. The third kappa shape index (κ3) is 1.47. The number of rotatable bonds is 2. The first-order valence-corrected chi connectivity index (χ1v) is 3.30. The molecule has 4 nitrogen and oxygen atoms in total. The molecule has 1 radical (unpaired) electrons. The van der Waals surface area contributed by atoms with Gasteiger partial charge in [0.2, 0.25) is 0 Å². The van der Waals surface area contributed by atoms with Gasteiger partial charge in [-0.05, 0) is 12.1 Å². The predicted octanol–water partition coefficient (Wildman–Crippen LogP) is 0.938. The van der Waals surface area contributed by atoms with E-state index in [4.69, 9.17) is 10.5 Å². The molecule has 1 amide bonds. The van der Waals surface area contributed by atoms with E-state index in [9.17, 15) is 9.90 Å². The van der Waals surface area contributed by atoms with Crippen molar-refractivity contribution in [1.29, 1.82) is 0 Å². The van der Waals surface area contributed by atoms with Gasteiger partial charge in [-0.1, -0.05) is 0 Å². The van der Waals surface area contributed by atoms with E-state index in [1.807, 2.05) is 0 Å². The second-order valence-electron chi connectivity index (χ2n) is 2.23. The van der Waals surface area contributed by atoms with E-state index in [2.05, 4.69) is 0 Å². The normalized spacial score (nSPS) is 9.42. The zero-order valence-electron chi connectivity index (χ0n) is 6.53. The minimum atomic E-state index is -0.720. The third-order valence-electron chi connectivity index (χ3n) is 1.45. The summed E-state index contributed by atoms with van der Waals surface area (Å²) in [6, 6.07) is 4.09. The second-order valence-corrected chi connectivity index (χ2v) is 2.23. The van der Waals surface area contributed by atoms with E-state index in [1.165, 1.54) is 25.3 Å². The van der Waals surface area contributed by atoms with Gasteiger partial charge in [-0.25, -0.2) is 0 Å². The molecule has 1 rings (SSSR count). The van der Waals surface area contributed by atoms with Crippen LogP contribution in [0.4, 0.5) is 0 Å². The molecule has 0 heterocycles. The highest BCUT2D eigenvalue weighted by Gasteiger charge is 2.09. The highest BCUT2D eigenvalue weighted by molar-refractivity contribution is 5.95. The first-order valence-electron chi connectivity index (χ1n) is 3.30. The maximum absolute atomic E-state index is 11.1. The van der Waals surface area contributed by atoms with Crippen LogP contribution in [0.25, 0.3) is 0 Å². The van der Waals surface area contributed by atoms with Gasteiger partial charge in [0, 0.05) is 6.07 Å². The van der Waals surface area contributed by atoms with Crippen LogP contribution in [0, 0.1) is 0 Å². The number of carbonyl (C=O) groups is 1. The Hall–Kier alpha value is -1.71. The molecule has 0 saturated heterocycles. The Morgan fingerprint density at radius 1 is 1.50 bits per heavy atom. The number of primary amides is 1. The van der Waals surface area contributed by atoms with Gasteiger partial charge >= 0.3 is 0 Å². The largest absolute Gasteiger partial charge is 0.497 e. The van der Waals surface area contributed by atoms with Gasteiger partial charge in [-0.15, -0.1) is 0 Å². The number of hydrogen-bond acceptors (Lipinski definition) is 2. The van der Waals surface area contributed by atoms with E-state index >= 15 is 0 Å². The molecule has 0 unspecified atom stereocenters. The van der Waals surface area contributed by atoms with Gasteiger partial charge in [0.05, 0.1) is 12.7 Å². The number of nitrogens with two attached hydrogens (primary N) is 1. The predicted molar refractivity (Wildman–Crippen MR) is 41.6 cm³/mol. The van der Waals surface area contributed by atoms with E-state index < -0.39 is 11.7 Å². The molecule has 2 N–H and O–H groups in total. The zero-order valence-corrected chi connectivity index (χ0v) is 6.53. The van der Waals surface area contributed by atoms with Crippen LogP contribution in [0.15, 0.2) is 18.2 Å². The molecule has 1 aromatic carbocycles. The lowest BCUT2D eigenvalue weighted by Crippen LogP contribution is -2.10. The highest BCUT2D eigenvalue weighted by atomic mass is 16.5. The summed E-state index contributed by atoms with van der Waals surface area (Å²) in [5.41, 5.74) is 4.91. The van der Waals surface area contributed by atoms with Crippen molar-refractivity contribution in [3.8, 4) is 11.5 Å². The highest BCUT2D eigenvalue weighted by Crippen LogP contribution is 2.23. The molecule has 0 bridgehead atoms. The molecule has 0 spiro atoms. The van der Waals surface area contributed by atoms with Crippen molar-refractivity contribution in [1.82, 2.24) is 0 Å². The van der Waals surface area contributed by atoms with Crippen LogP contribution in [-0.4, -0.2) is 13.0 Å². The van der Waals surface area contributed by atoms with Crippen molar-refractivity contribution >= 4 is 5.91 Å². The average molecular weight is 166 g/mol. The number of benzene rings is 1. The van der Waals surface area contributed by atoms with Crippen LogP contribution in [0.3, 0.4) is 0 Å². The summed E-state index contributed by atoms with van der Waals surface area (Å²) < 4.78 is 4.78. The molecule has 12 heavy (non-hydrogen) atoms. The number of methoxy groups -OCH3 is 1. The fourth-order valence-electron chi connectivity index (χ4n) is 0.833. The number of hydrogen-bond donors (Lipinski definition) is 1. The van der Waals surface area contributed by atoms with Crippen LogP contribution in [-0.2, 0) is 5.11 Å². The molecule has 4 heteroatoms. The first-order chi connectivity index (χ1) is 5.65. The summed E-state index contributed by atoms with van der Waals surface area (Å²) >= 11 is 0. The summed E-state index contributed by atoms with van der Waals surface area (Å²) in [6.45, 7) is 0. The molecule has 0 aliphatic carbocycles. The Balaban J connectivity index is 3.12. The zero-order chi connectivity index (χ0) is 9.14.